The van der Waals surface area contributed by atoms with Gasteiger partial charge in [-0.15, -0.1) is 0 Å². The largest absolute Gasteiger partial charge is 0.465 e. The molecule has 2 N–H and O–H groups in total. The lowest BCUT2D eigenvalue weighted by molar-refractivity contribution is -0.151. The molecular weight excluding hydrogens is 408 g/mol. The predicted molar refractivity (Wildman–Crippen MR) is 118 cm³/mol. The quantitative estimate of drug-likeness (QED) is 0.567. The van der Waals surface area contributed by atoms with E-state index in [0.717, 1.165) is 31.2 Å². The van der Waals surface area contributed by atoms with Crippen LogP contribution in [0.5, 0.6) is 0 Å². The molecule has 2 unspecified atom stereocenters. The highest BCUT2D eigenvalue weighted by molar-refractivity contribution is 5.91. The van der Waals surface area contributed by atoms with E-state index in [-0.39, 0.29) is 30.2 Å². The van der Waals surface area contributed by atoms with Crippen LogP contribution in [0, 0.1) is 17.2 Å². The highest BCUT2D eigenvalue weighted by Gasteiger charge is 2.42. The first-order chi connectivity index (χ1) is 15.5. The van der Waals surface area contributed by atoms with E-state index in [1.807, 2.05) is 0 Å². The molecule has 2 amide bonds. The van der Waals surface area contributed by atoms with Crippen molar-refractivity contribution in [2.45, 2.75) is 64.1 Å². The van der Waals surface area contributed by atoms with Crippen molar-refractivity contribution >= 4 is 17.8 Å². The number of amides is 2. The summed E-state index contributed by atoms with van der Waals surface area (Å²) in [5, 5.41) is 14.9. The van der Waals surface area contributed by atoms with Crippen LogP contribution in [0.3, 0.4) is 0 Å². The fourth-order valence-electron chi connectivity index (χ4n) is 4.43. The predicted octanol–water partition coefficient (Wildman–Crippen LogP) is 1.88. The Labute approximate surface area is 189 Å². The number of benzene rings is 1. The topological polar surface area (TPSA) is 112 Å². The zero-order valence-electron chi connectivity index (χ0n) is 18.6. The van der Waals surface area contributed by atoms with Gasteiger partial charge in [0.25, 0.3) is 0 Å². The normalized spacial score (nSPS) is 19.4. The van der Waals surface area contributed by atoms with Gasteiger partial charge in [0.2, 0.25) is 11.8 Å². The van der Waals surface area contributed by atoms with Crippen molar-refractivity contribution in [2.75, 3.05) is 19.7 Å². The maximum atomic E-state index is 13.4. The maximum Gasteiger partial charge on any atom is 0.319 e. The Balaban J connectivity index is 1.58. The second kappa shape index (κ2) is 11.6. The molecule has 2 aliphatic rings. The number of nitrogens with one attached hydrogen (secondary N) is 2. The molecule has 2 fully saturated rings. The van der Waals surface area contributed by atoms with Crippen molar-refractivity contribution in [1.29, 1.82) is 5.26 Å². The van der Waals surface area contributed by atoms with Gasteiger partial charge < -0.3 is 15.0 Å². The van der Waals surface area contributed by atoms with E-state index in [0.29, 0.717) is 31.7 Å². The first-order valence-corrected chi connectivity index (χ1v) is 11.5. The highest BCUT2D eigenvalue weighted by Crippen LogP contribution is 2.29. The average Bonchev–Trinajstić information content (AvgIpc) is 2.78. The van der Waals surface area contributed by atoms with Crippen molar-refractivity contribution in [3.63, 3.8) is 0 Å². The van der Waals surface area contributed by atoms with Gasteiger partial charge in [-0.2, -0.15) is 5.26 Å². The monoisotopic (exact) mass is 440 g/mol. The van der Waals surface area contributed by atoms with Gasteiger partial charge in [0.15, 0.2) is 0 Å². The van der Waals surface area contributed by atoms with Gasteiger partial charge in [0.05, 0.1) is 30.8 Å². The number of carbonyl (C=O) groups is 3. The number of rotatable bonds is 9. The second-order valence-electron chi connectivity index (χ2n) is 8.42. The number of hydrogen-bond donors (Lipinski definition) is 2. The van der Waals surface area contributed by atoms with Crippen molar-refractivity contribution in [3.8, 4) is 6.07 Å². The van der Waals surface area contributed by atoms with Crippen LogP contribution >= 0.6 is 0 Å². The van der Waals surface area contributed by atoms with E-state index in [2.05, 4.69) is 16.7 Å². The number of likely N-dealkylation sites (tertiary alicyclic amines) is 1. The number of carbonyl (C=O) groups excluding carboxylic acids is 3. The van der Waals surface area contributed by atoms with Gasteiger partial charge >= 0.3 is 5.97 Å². The lowest BCUT2D eigenvalue weighted by atomic mass is 9.82. The summed E-state index contributed by atoms with van der Waals surface area (Å²) in [6.07, 6.45) is 5.82. The zero-order valence-corrected chi connectivity index (χ0v) is 18.6. The molecule has 0 radical (unpaired) electrons. The van der Waals surface area contributed by atoms with Gasteiger partial charge in [-0.25, -0.2) is 0 Å². The molecule has 0 spiro atoms. The number of nitriles is 1. The van der Waals surface area contributed by atoms with Crippen molar-refractivity contribution < 1.29 is 19.1 Å². The van der Waals surface area contributed by atoms with E-state index in [1.165, 1.54) is 6.42 Å². The van der Waals surface area contributed by atoms with Crippen LogP contribution in [0.1, 0.15) is 56.6 Å². The Morgan fingerprint density at radius 2 is 1.88 bits per heavy atom. The maximum absolute atomic E-state index is 13.4. The first-order valence-electron chi connectivity index (χ1n) is 11.5. The van der Waals surface area contributed by atoms with E-state index in [1.54, 1.807) is 36.1 Å². The fraction of sp³-hybridized carbons (Fsp3) is 0.583. The number of esters is 1. The molecule has 1 saturated heterocycles. The minimum Gasteiger partial charge on any atom is -0.465 e. The molecule has 1 aromatic rings. The molecule has 2 atom stereocenters. The molecule has 1 aliphatic carbocycles. The average molecular weight is 441 g/mol. The van der Waals surface area contributed by atoms with E-state index in [4.69, 9.17) is 10.00 Å². The lowest BCUT2D eigenvalue weighted by Gasteiger charge is -2.43. The summed E-state index contributed by atoms with van der Waals surface area (Å²) < 4.78 is 5.00. The fourth-order valence-corrected chi connectivity index (χ4v) is 4.43. The van der Waals surface area contributed by atoms with E-state index in [9.17, 15) is 14.4 Å². The molecule has 0 bridgehead atoms. The van der Waals surface area contributed by atoms with E-state index < -0.39 is 12.1 Å². The van der Waals surface area contributed by atoms with Crippen molar-refractivity contribution in [3.05, 3.63) is 35.4 Å². The Morgan fingerprint density at radius 3 is 2.47 bits per heavy atom. The molecule has 1 aliphatic heterocycles. The Kier molecular flexibility index (Phi) is 8.63. The Bertz CT molecular complexity index is 843. The summed E-state index contributed by atoms with van der Waals surface area (Å²) in [4.78, 5) is 39.6. The second-order valence-corrected chi connectivity index (χ2v) is 8.42. The van der Waals surface area contributed by atoms with Crippen LogP contribution in [0.25, 0.3) is 0 Å². The summed E-state index contributed by atoms with van der Waals surface area (Å²) in [5.74, 6) is -0.497. The summed E-state index contributed by atoms with van der Waals surface area (Å²) in [7, 11) is 0. The van der Waals surface area contributed by atoms with Gasteiger partial charge in [0.1, 0.15) is 6.04 Å². The number of ether oxygens (including phenoxy) is 1. The molecule has 3 rings (SSSR count). The lowest BCUT2D eigenvalue weighted by Crippen LogP contribution is -2.63. The Morgan fingerprint density at radius 1 is 1.16 bits per heavy atom. The standard InChI is InChI=1S/C24H32N4O4/c1-2-32-21(29)16-26-22(19-6-4-3-5-7-19)24(31)28-13-12-20(28)23(30)27-15-18-10-8-17(14-25)9-11-18/h8-11,19-20,22,26H,2-7,12-13,15-16H2,1H3,(H,27,30). The molecule has 1 aromatic carbocycles. The first kappa shape index (κ1) is 23.7. The third-order valence-electron chi connectivity index (χ3n) is 6.31. The van der Waals surface area contributed by atoms with Gasteiger partial charge in [-0.1, -0.05) is 31.4 Å². The molecule has 8 heteroatoms. The number of hydrogen-bond acceptors (Lipinski definition) is 6. The minimum absolute atomic E-state index is 0.00978. The summed E-state index contributed by atoms with van der Waals surface area (Å²) in [6.45, 7) is 2.93. The van der Waals surface area contributed by atoms with Crippen molar-refractivity contribution in [2.24, 2.45) is 5.92 Å². The summed E-state index contributed by atoms with van der Waals surface area (Å²) >= 11 is 0. The molecule has 1 heterocycles. The molecule has 172 valence electrons. The third kappa shape index (κ3) is 6.07. The van der Waals surface area contributed by atoms with Gasteiger partial charge in [0, 0.05) is 13.1 Å². The van der Waals surface area contributed by atoms with Gasteiger partial charge in [-0.05, 0) is 49.8 Å². The van der Waals surface area contributed by atoms with Crippen LogP contribution in [0.15, 0.2) is 24.3 Å². The molecule has 32 heavy (non-hydrogen) atoms. The molecule has 0 aromatic heterocycles. The van der Waals surface area contributed by atoms with Crippen LogP contribution in [0.2, 0.25) is 0 Å². The van der Waals surface area contributed by atoms with Crippen LogP contribution < -0.4 is 10.6 Å². The molecular formula is C24H32N4O4. The van der Waals surface area contributed by atoms with Crippen LogP contribution in [-0.4, -0.2) is 54.5 Å². The van der Waals surface area contributed by atoms with E-state index >= 15 is 0 Å². The molecule has 8 nitrogen and oxygen atoms in total. The Hall–Kier alpha value is -2.92. The minimum atomic E-state index is -0.489. The molecule has 1 saturated carbocycles. The van der Waals surface area contributed by atoms with Crippen LogP contribution in [0.4, 0.5) is 0 Å². The zero-order chi connectivity index (χ0) is 22.9. The van der Waals surface area contributed by atoms with Crippen LogP contribution in [-0.2, 0) is 25.7 Å². The smallest absolute Gasteiger partial charge is 0.319 e. The highest BCUT2D eigenvalue weighted by atomic mass is 16.5. The SMILES string of the molecule is CCOC(=O)CNC(C(=O)N1CCC1C(=O)NCc1ccc(C#N)cc1)C1CCCCC1. The summed E-state index contributed by atoms with van der Waals surface area (Å²) in [5.41, 5.74) is 1.46. The van der Waals surface area contributed by atoms with Crippen molar-refractivity contribution in [1.82, 2.24) is 15.5 Å². The summed E-state index contributed by atoms with van der Waals surface area (Å²) in [6, 6.07) is 8.14. The third-order valence-corrected chi connectivity index (χ3v) is 6.31. The van der Waals surface area contributed by atoms with Gasteiger partial charge in [-0.3, -0.25) is 19.7 Å². The number of nitrogens with zero attached hydrogens (tertiary/aromatic N) is 2.